The molecule has 122 valence electrons. The molecule has 24 heavy (non-hydrogen) atoms. The summed E-state index contributed by atoms with van der Waals surface area (Å²) in [6.07, 6.45) is 0. The number of hydrogen-bond donors (Lipinski definition) is 0. The Morgan fingerprint density at radius 2 is 1.50 bits per heavy atom. The second kappa shape index (κ2) is 6.32. The molecule has 1 aliphatic carbocycles. The number of benzene rings is 2. The number of rotatable bonds is 4. The molecule has 0 spiro atoms. The van der Waals surface area contributed by atoms with Crippen molar-refractivity contribution in [2.24, 2.45) is 0 Å². The average Bonchev–Trinajstić information content (AvgIpc) is 2.63. The van der Waals surface area contributed by atoms with E-state index in [0.29, 0.717) is 28.8 Å². The van der Waals surface area contributed by atoms with Crippen LogP contribution < -0.4 is 9.64 Å². The number of carbonyl (C=O) groups excluding carboxylic acids is 2. The number of allylic oxidation sites excluding steroid dienone is 1. The number of anilines is 1. The Morgan fingerprint density at radius 3 is 2.08 bits per heavy atom. The monoisotopic (exact) mass is 321 g/mol. The summed E-state index contributed by atoms with van der Waals surface area (Å²) in [6, 6.07) is 14.6. The summed E-state index contributed by atoms with van der Waals surface area (Å²) in [7, 11) is 3.52. The van der Waals surface area contributed by atoms with E-state index < -0.39 is 0 Å². The average molecular weight is 321 g/mol. The second-order valence-corrected chi connectivity index (χ2v) is 5.86. The van der Waals surface area contributed by atoms with Gasteiger partial charge >= 0.3 is 0 Å². The highest BCUT2D eigenvalue weighted by atomic mass is 16.5. The van der Waals surface area contributed by atoms with Crippen LogP contribution in [0.4, 0.5) is 5.69 Å². The number of ketones is 2. The van der Waals surface area contributed by atoms with Gasteiger partial charge in [-0.05, 0) is 31.2 Å². The minimum absolute atomic E-state index is 0.0664. The summed E-state index contributed by atoms with van der Waals surface area (Å²) in [5.74, 6) is 0.645. The van der Waals surface area contributed by atoms with Crippen molar-refractivity contribution in [2.45, 2.75) is 6.92 Å². The van der Waals surface area contributed by atoms with Crippen molar-refractivity contribution in [3.8, 4) is 5.75 Å². The van der Waals surface area contributed by atoms with Crippen LogP contribution in [0.5, 0.6) is 5.75 Å². The predicted molar refractivity (Wildman–Crippen MR) is 94.1 cm³/mol. The van der Waals surface area contributed by atoms with Gasteiger partial charge in [-0.25, -0.2) is 0 Å². The normalized spacial score (nSPS) is 13.8. The van der Waals surface area contributed by atoms with Crippen LogP contribution in [0.1, 0.15) is 27.6 Å². The van der Waals surface area contributed by atoms with Gasteiger partial charge in [-0.15, -0.1) is 0 Å². The van der Waals surface area contributed by atoms with Gasteiger partial charge in [0, 0.05) is 41.6 Å². The zero-order valence-electron chi connectivity index (χ0n) is 14.0. The van der Waals surface area contributed by atoms with E-state index in [-0.39, 0.29) is 11.6 Å². The summed E-state index contributed by atoms with van der Waals surface area (Å²) < 4.78 is 5.16. The largest absolute Gasteiger partial charge is 0.497 e. The molecule has 0 heterocycles. The zero-order chi connectivity index (χ0) is 17.3. The first-order valence-corrected chi connectivity index (χ1v) is 7.76. The van der Waals surface area contributed by atoms with Crippen molar-refractivity contribution in [1.29, 1.82) is 0 Å². The van der Waals surface area contributed by atoms with Crippen molar-refractivity contribution in [3.05, 3.63) is 70.8 Å². The Morgan fingerprint density at radius 1 is 0.917 bits per heavy atom. The van der Waals surface area contributed by atoms with Crippen LogP contribution in [0.25, 0.3) is 0 Å². The Kier molecular flexibility index (Phi) is 4.21. The number of Topliss-reactive ketones (excluding diaryl/α,β-unsaturated/α-hetero) is 2. The third-order valence-electron chi connectivity index (χ3n) is 4.39. The third-order valence-corrected chi connectivity index (χ3v) is 4.39. The lowest BCUT2D eigenvalue weighted by Gasteiger charge is -2.25. The molecule has 4 heteroatoms. The zero-order valence-corrected chi connectivity index (χ0v) is 14.0. The van der Waals surface area contributed by atoms with Gasteiger partial charge in [0.2, 0.25) is 0 Å². The first-order chi connectivity index (χ1) is 11.5. The molecule has 3 rings (SSSR count). The summed E-state index contributed by atoms with van der Waals surface area (Å²) in [4.78, 5) is 27.3. The summed E-state index contributed by atoms with van der Waals surface area (Å²) in [6.45, 7) is 2.12. The molecule has 2 aromatic carbocycles. The van der Waals surface area contributed by atoms with Gasteiger partial charge in [0.15, 0.2) is 11.6 Å². The van der Waals surface area contributed by atoms with E-state index in [1.165, 1.54) is 0 Å². The molecular weight excluding hydrogens is 302 g/mol. The fraction of sp³-hybridized carbons (Fsp3) is 0.200. The molecule has 0 N–H and O–H groups in total. The van der Waals surface area contributed by atoms with Crippen molar-refractivity contribution < 1.29 is 14.3 Å². The molecule has 0 radical (unpaired) electrons. The molecule has 0 aliphatic heterocycles. The molecule has 0 saturated carbocycles. The highest BCUT2D eigenvalue weighted by Gasteiger charge is 2.29. The van der Waals surface area contributed by atoms with Crippen LogP contribution in [0.2, 0.25) is 0 Å². The molecule has 4 nitrogen and oxygen atoms in total. The summed E-state index contributed by atoms with van der Waals surface area (Å²) in [5, 5.41) is 0. The Hall–Kier alpha value is -2.88. The van der Waals surface area contributed by atoms with Crippen molar-refractivity contribution in [3.63, 3.8) is 0 Å². The van der Waals surface area contributed by atoms with E-state index in [1.54, 1.807) is 38.3 Å². The maximum atomic E-state index is 12.8. The smallest absolute Gasteiger partial charge is 0.191 e. The lowest BCUT2D eigenvalue weighted by molar-refractivity contribution is 0.0973. The van der Waals surface area contributed by atoms with Crippen LogP contribution in [0.15, 0.2) is 59.7 Å². The first kappa shape index (κ1) is 16.0. The van der Waals surface area contributed by atoms with Crippen molar-refractivity contribution >= 4 is 17.3 Å². The van der Waals surface area contributed by atoms with E-state index in [0.717, 1.165) is 11.4 Å². The summed E-state index contributed by atoms with van der Waals surface area (Å²) >= 11 is 0. The van der Waals surface area contributed by atoms with Crippen LogP contribution in [0.3, 0.4) is 0 Å². The fourth-order valence-electron chi connectivity index (χ4n) is 2.91. The quantitative estimate of drug-likeness (QED) is 0.864. The second-order valence-electron chi connectivity index (χ2n) is 5.86. The number of ether oxygens (including phenoxy) is 1. The molecular formula is C20H19NO3. The minimum Gasteiger partial charge on any atom is -0.497 e. The Balaban J connectivity index is 1.90. The number of hydrogen-bond acceptors (Lipinski definition) is 4. The van der Waals surface area contributed by atoms with Gasteiger partial charge in [-0.2, -0.15) is 0 Å². The maximum Gasteiger partial charge on any atom is 0.191 e. The van der Waals surface area contributed by atoms with Gasteiger partial charge in [-0.1, -0.05) is 24.3 Å². The molecule has 0 fully saturated rings. The molecule has 1 aliphatic rings. The SMILES string of the molecule is COc1ccc(N(C)CC2=C(C)C(=O)c3ccccc3C2=O)cc1. The number of methoxy groups -OCH3 is 1. The molecule has 0 saturated heterocycles. The molecule has 0 atom stereocenters. The van der Waals surface area contributed by atoms with E-state index in [1.807, 2.05) is 36.2 Å². The lowest BCUT2D eigenvalue weighted by Crippen LogP contribution is -2.29. The van der Waals surface area contributed by atoms with E-state index in [2.05, 4.69) is 0 Å². The van der Waals surface area contributed by atoms with Gasteiger partial charge in [-0.3, -0.25) is 9.59 Å². The van der Waals surface area contributed by atoms with Crippen molar-refractivity contribution in [2.75, 3.05) is 25.6 Å². The number of nitrogens with zero attached hydrogens (tertiary/aromatic N) is 1. The maximum absolute atomic E-state index is 12.8. The Labute approximate surface area is 141 Å². The van der Waals surface area contributed by atoms with E-state index in [9.17, 15) is 9.59 Å². The minimum atomic E-state index is -0.0666. The Bertz CT molecular complexity index is 834. The first-order valence-electron chi connectivity index (χ1n) is 7.76. The van der Waals surface area contributed by atoms with E-state index in [4.69, 9.17) is 4.74 Å². The molecule has 0 unspecified atom stereocenters. The van der Waals surface area contributed by atoms with E-state index >= 15 is 0 Å². The predicted octanol–water partition coefficient (Wildman–Crippen LogP) is 3.53. The fourth-order valence-corrected chi connectivity index (χ4v) is 2.91. The summed E-state index contributed by atoms with van der Waals surface area (Å²) in [5.41, 5.74) is 3.02. The molecule has 0 amide bonds. The van der Waals surface area contributed by atoms with Gasteiger partial charge in [0.1, 0.15) is 5.75 Å². The van der Waals surface area contributed by atoms with Gasteiger partial charge in [0.05, 0.1) is 7.11 Å². The highest BCUT2D eigenvalue weighted by molar-refractivity contribution is 6.27. The molecule has 0 aromatic heterocycles. The lowest BCUT2D eigenvalue weighted by atomic mass is 9.84. The topological polar surface area (TPSA) is 46.6 Å². The molecule has 0 bridgehead atoms. The van der Waals surface area contributed by atoms with Crippen molar-refractivity contribution in [1.82, 2.24) is 0 Å². The van der Waals surface area contributed by atoms with Crippen LogP contribution in [-0.4, -0.2) is 32.3 Å². The number of carbonyl (C=O) groups is 2. The highest BCUT2D eigenvalue weighted by Crippen LogP contribution is 2.28. The van der Waals surface area contributed by atoms with Gasteiger partial charge in [0.25, 0.3) is 0 Å². The molecule has 2 aromatic rings. The standard InChI is InChI=1S/C20H19NO3/c1-13-18(12-21(2)14-8-10-15(24-3)11-9-14)20(23)17-7-5-4-6-16(17)19(13)22/h4-11H,12H2,1-3H3. The van der Waals surface area contributed by atoms with Crippen LogP contribution in [0, 0.1) is 0 Å². The third kappa shape index (κ3) is 2.71. The van der Waals surface area contributed by atoms with Crippen LogP contribution >= 0.6 is 0 Å². The van der Waals surface area contributed by atoms with Gasteiger partial charge < -0.3 is 9.64 Å². The number of likely N-dealkylation sites (N-methyl/N-ethyl adjacent to an activating group) is 1. The number of fused-ring (bicyclic) bond motifs is 1. The van der Waals surface area contributed by atoms with Crippen LogP contribution in [-0.2, 0) is 0 Å².